The van der Waals surface area contributed by atoms with Crippen LogP contribution < -0.4 is 15.0 Å². The lowest BCUT2D eigenvalue weighted by Crippen LogP contribution is -2.33. The summed E-state index contributed by atoms with van der Waals surface area (Å²) < 4.78 is 5.18. The third kappa shape index (κ3) is 4.64. The number of amides is 1. The van der Waals surface area contributed by atoms with E-state index in [9.17, 15) is 4.79 Å². The third-order valence-corrected chi connectivity index (χ3v) is 5.41. The second-order valence-electron chi connectivity index (χ2n) is 7.69. The van der Waals surface area contributed by atoms with Crippen LogP contribution in [0.3, 0.4) is 0 Å². The summed E-state index contributed by atoms with van der Waals surface area (Å²) >= 11 is 0. The van der Waals surface area contributed by atoms with Gasteiger partial charge >= 0.3 is 0 Å². The lowest BCUT2D eigenvalue weighted by atomic mass is 10.2. The van der Waals surface area contributed by atoms with Crippen molar-refractivity contribution in [3.8, 4) is 5.88 Å². The van der Waals surface area contributed by atoms with Gasteiger partial charge in [-0.05, 0) is 32.8 Å². The summed E-state index contributed by atoms with van der Waals surface area (Å²) in [7, 11) is 5.06. The molecule has 1 N–H and O–H groups in total. The standard InChI is InChI=1S/C21H30N6O2/c1-13-14(2)24-19(21(28)26(4)5)25-20(13)27-10-9-17(12-27)22-11-16-7-8-18(29-6)23-15(16)3/h7-8,17,22H,9-12H2,1-6H3/t17-/m1/s1. The average Bonchev–Trinajstić information content (AvgIpc) is 3.17. The highest BCUT2D eigenvalue weighted by Gasteiger charge is 2.26. The molecule has 1 fully saturated rings. The number of carbonyl (C=O) groups excluding carboxylic acids is 1. The van der Waals surface area contributed by atoms with E-state index in [1.807, 2.05) is 26.8 Å². The molecule has 8 nitrogen and oxygen atoms in total. The van der Waals surface area contributed by atoms with Crippen LogP contribution in [0, 0.1) is 20.8 Å². The first-order chi connectivity index (χ1) is 13.8. The van der Waals surface area contributed by atoms with Crippen molar-refractivity contribution in [2.75, 3.05) is 39.2 Å². The zero-order valence-corrected chi connectivity index (χ0v) is 18.1. The number of nitrogens with one attached hydrogen (secondary N) is 1. The van der Waals surface area contributed by atoms with Crippen LogP contribution >= 0.6 is 0 Å². The first kappa shape index (κ1) is 21.0. The molecule has 1 aliphatic rings. The number of pyridine rings is 1. The van der Waals surface area contributed by atoms with Crippen molar-refractivity contribution in [1.29, 1.82) is 0 Å². The summed E-state index contributed by atoms with van der Waals surface area (Å²) in [5.74, 6) is 1.57. The number of hydrogen-bond acceptors (Lipinski definition) is 7. The first-order valence-corrected chi connectivity index (χ1v) is 9.86. The minimum absolute atomic E-state index is 0.175. The van der Waals surface area contributed by atoms with Crippen LogP contribution in [0.15, 0.2) is 12.1 Å². The van der Waals surface area contributed by atoms with Gasteiger partial charge in [0.15, 0.2) is 0 Å². The molecule has 156 valence electrons. The molecule has 0 bridgehead atoms. The van der Waals surface area contributed by atoms with Gasteiger partial charge in [0.1, 0.15) is 5.82 Å². The molecule has 0 radical (unpaired) electrons. The fraction of sp³-hybridized carbons (Fsp3) is 0.524. The smallest absolute Gasteiger partial charge is 0.291 e. The van der Waals surface area contributed by atoms with Gasteiger partial charge in [-0.2, -0.15) is 0 Å². The van der Waals surface area contributed by atoms with Gasteiger partial charge in [0.2, 0.25) is 11.7 Å². The number of anilines is 1. The second kappa shape index (κ2) is 8.73. The van der Waals surface area contributed by atoms with Gasteiger partial charge in [0.05, 0.1) is 7.11 Å². The van der Waals surface area contributed by atoms with Gasteiger partial charge in [-0.3, -0.25) is 4.79 Å². The van der Waals surface area contributed by atoms with Gasteiger partial charge in [-0.25, -0.2) is 15.0 Å². The number of hydrogen-bond donors (Lipinski definition) is 1. The van der Waals surface area contributed by atoms with Crippen LogP contribution in [-0.4, -0.2) is 66.1 Å². The summed E-state index contributed by atoms with van der Waals surface area (Å²) in [6, 6.07) is 4.29. The molecular weight excluding hydrogens is 368 g/mol. The fourth-order valence-corrected chi connectivity index (χ4v) is 3.46. The molecule has 8 heteroatoms. The largest absolute Gasteiger partial charge is 0.481 e. The molecule has 3 heterocycles. The van der Waals surface area contributed by atoms with E-state index in [0.29, 0.717) is 11.9 Å². The number of aromatic nitrogens is 3. The molecule has 1 amide bonds. The van der Waals surface area contributed by atoms with E-state index in [-0.39, 0.29) is 11.7 Å². The number of rotatable bonds is 6. The van der Waals surface area contributed by atoms with Gasteiger partial charge in [-0.15, -0.1) is 0 Å². The lowest BCUT2D eigenvalue weighted by molar-refractivity contribution is 0.0815. The van der Waals surface area contributed by atoms with Crippen molar-refractivity contribution in [3.05, 3.63) is 40.5 Å². The Morgan fingerprint density at radius 1 is 1.21 bits per heavy atom. The van der Waals surface area contributed by atoms with E-state index in [2.05, 4.69) is 31.2 Å². The van der Waals surface area contributed by atoms with E-state index in [1.165, 1.54) is 4.90 Å². The summed E-state index contributed by atoms with van der Waals surface area (Å²) in [6.45, 7) is 8.43. The number of methoxy groups -OCH3 is 1. The normalized spacial score (nSPS) is 16.2. The fourth-order valence-electron chi connectivity index (χ4n) is 3.46. The van der Waals surface area contributed by atoms with Gasteiger partial charge < -0.3 is 19.9 Å². The minimum Gasteiger partial charge on any atom is -0.481 e. The molecule has 3 rings (SSSR count). The Morgan fingerprint density at radius 2 is 1.97 bits per heavy atom. The van der Waals surface area contributed by atoms with Gasteiger partial charge in [0.25, 0.3) is 5.91 Å². The summed E-state index contributed by atoms with van der Waals surface area (Å²) in [4.78, 5) is 29.5. The molecular formula is C21H30N6O2. The number of carbonyl (C=O) groups is 1. The molecule has 1 atom stereocenters. The molecule has 0 saturated carbocycles. The zero-order valence-electron chi connectivity index (χ0n) is 18.1. The highest BCUT2D eigenvalue weighted by molar-refractivity contribution is 5.90. The summed E-state index contributed by atoms with van der Waals surface area (Å²) in [5.41, 5.74) is 4.01. The van der Waals surface area contributed by atoms with Crippen molar-refractivity contribution < 1.29 is 9.53 Å². The van der Waals surface area contributed by atoms with Crippen molar-refractivity contribution in [1.82, 2.24) is 25.2 Å². The SMILES string of the molecule is COc1ccc(CN[C@@H]2CCN(c3nc(C(=O)N(C)C)nc(C)c3C)C2)c(C)n1. The molecule has 2 aromatic rings. The van der Waals surface area contributed by atoms with E-state index < -0.39 is 0 Å². The number of aryl methyl sites for hydroxylation is 2. The molecule has 1 saturated heterocycles. The third-order valence-electron chi connectivity index (χ3n) is 5.41. The van der Waals surface area contributed by atoms with Gasteiger partial charge in [0, 0.05) is 62.8 Å². The first-order valence-electron chi connectivity index (χ1n) is 9.86. The van der Waals surface area contributed by atoms with E-state index in [4.69, 9.17) is 4.74 Å². The monoisotopic (exact) mass is 398 g/mol. The van der Waals surface area contributed by atoms with Crippen LogP contribution in [0.1, 0.15) is 39.6 Å². The zero-order chi connectivity index (χ0) is 21.1. The molecule has 29 heavy (non-hydrogen) atoms. The lowest BCUT2D eigenvalue weighted by Gasteiger charge is -2.22. The van der Waals surface area contributed by atoms with Crippen LogP contribution in [0.5, 0.6) is 5.88 Å². The molecule has 0 spiro atoms. The van der Waals surface area contributed by atoms with E-state index in [0.717, 1.165) is 54.4 Å². The number of ether oxygens (including phenoxy) is 1. The molecule has 0 aromatic carbocycles. The predicted octanol–water partition coefficient (Wildman–Crippen LogP) is 1.88. The maximum Gasteiger partial charge on any atom is 0.291 e. The van der Waals surface area contributed by atoms with Crippen molar-refractivity contribution in [2.45, 2.75) is 39.8 Å². The summed E-state index contributed by atoms with van der Waals surface area (Å²) in [5, 5.41) is 3.62. The van der Waals surface area contributed by atoms with Crippen LogP contribution in [0.4, 0.5) is 5.82 Å². The van der Waals surface area contributed by atoms with Crippen molar-refractivity contribution >= 4 is 11.7 Å². The Morgan fingerprint density at radius 3 is 2.62 bits per heavy atom. The van der Waals surface area contributed by atoms with Crippen molar-refractivity contribution in [2.24, 2.45) is 0 Å². The Hall–Kier alpha value is -2.74. The molecule has 1 aliphatic heterocycles. The second-order valence-corrected chi connectivity index (χ2v) is 7.69. The Kier molecular flexibility index (Phi) is 6.32. The average molecular weight is 399 g/mol. The van der Waals surface area contributed by atoms with Crippen LogP contribution in [0.25, 0.3) is 0 Å². The maximum absolute atomic E-state index is 12.3. The van der Waals surface area contributed by atoms with E-state index >= 15 is 0 Å². The molecule has 0 aliphatic carbocycles. The predicted molar refractivity (Wildman–Crippen MR) is 113 cm³/mol. The Bertz CT molecular complexity index is 899. The minimum atomic E-state index is -0.175. The quantitative estimate of drug-likeness (QED) is 0.795. The summed E-state index contributed by atoms with van der Waals surface area (Å²) in [6.07, 6.45) is 1.02. The highest BCUT2D eigenvalue weighted by atomic mass is 16.5. The van der Waals surface area contributed by atoms with E-state index in [1.54, 1.807) is 21.2 Å². The highest BCUT2D eigenvalue weighted by Crippen LogP contribution is 2.24. The topological polar surface area (TPSA) is 83.5 Å². The molecule has 2 aromatic heterocycles. The number of nitrogens with zero attached hydrogens (tertiary/aromatic N) is 5. The molecule has 0 unspecified atom stereocenters. The van der Waals surface area contributed by atoms with Crippen LogP contribution in [-0.2, 0) is 6.54 Å². The Labute approximate surface area is 172 Å². The van der Waals surface area contributed by atoms with Crippen molar-refractivity contribution in [3.63, 3.8) is 0 Å². The van der Waals surface area contributed by atoms with Crippen LogP contribution in [0.2, 0.25) is 0 Å². The maximum atomic E-state index is 12.3. The van der Waals surface area contributed by atoms with Gasteiger partial charge in [-0.1, -0.05) is 6.07 Å². The Balaban J connectivity index is 1.68.